The van der Waals surface area contributed by atoms with Gasteiger partial charge in [-0.25, -0.2) is 10.2 Å². The van der Waals surface area contributed by atoms with Crippen molar-refractivity contribution < 1.29 is 19.4 Å². The molecule has 0 saturated heterocycles. The average molecular weight is 236 g/mol. The lowest BCUT2D eigenvalue weighted by Gasteiger charge is -1.99. The first-order valence-corrected chi connectivity index (χ1v) is 4.78. The molecule has 0 fully saturated rings. The van der Waals surface area contributed by atoms with Crippen molar-refractivity contribution in [3.05, 3.63) is 35.4 Å². The summed E-state index contributed by atoms with van der Waals surface area (Å²) >= 11 is 0. The summed E-state index contributed by atoms with van der Waals surface area (Å²) in [6.45, 7) is -0.612. The Bertz CT molecular complexity index is 426. The van der Waals surface area contributed by atoms with E-state index in [-0.39, 0.29) is 0 Å². The number of aliphatic hydroxyl groups excluding tert-OH is 1. The standard InChI is InChI=1S/C11H12N2O4/c1-17-11(16)9-4-2-8(3-5-9)6-12-13-10(15)7-14/h2-6,14H,7H2,1H3,(H,13,15). The van der Waals surface area contributed by atoms with Crippen molar-refractivity contribution in [2.75, 3.05) is 13.7 Å². The summed E-state index contributed by atoms with van der Waals surface area (Å²) in [7, 11) is 1.31. The Kier molecular flexibility index (Phi) is 4.83. The minimum absolute atomic E-state index is 0.415. The molecule has 6 heteroatoms. The molecule has 0 aliphatic carbocycles. The second-order valence-electron chi connectivity index (χ2n) is 3.06. The van der Waals surface area contributed by atoms with E-state index in [0.717, 1.165) is 0 Å². The van der Waals surface area contributed by atoms with E-state index in [4.69, 9.17) is 5.11 Å². The predicted octanol–water partition coefficient (Wildman–Crippen LogP) is -0.0844. The summed E-state index contributed by atoms with van der Waals surface area (Å²) in [6.07, 6.45) is 1.40. The number of nitrogens with zero attached hydrogens (tertiary/aromatic N) is 1. The van der Waals surface area contributed by atoms with Crippen LogP contribution < -0.4 is 5.43 Å². The first-order chi connectivity index (χ1) is 8.17. The number of nitrogens with one attached hydrogen (secondary N) is 1. The molecule has 1 aromatic rings. The minimum atomic E-state index is -0.612. The first kappa shape index (κ1) is 12.9. The van der Waals surface area contributed by atoms with Gasteiger partial charge in [0, 0.05) is 0 Å². The Labute approximate surface area is 97.9 Å². The highest BCUT2D eigenvalue weighted by Gasteiger charge is 2.03. The summed E-state index contributed by atoms with van der Waals surface area (Å²) in [6, 6.07) is 6.48. The number of carbonyl (C=O) groups is 2. The third-order valence-corrected chi connectivity index (χ3v) is 1.88. The molecule has 0 aliphatic heterocycles. The lowest BCUT2D eigenvalue weighted by molar-refractivity contribution is -0.123. The van der Waals surface area contributed by atoms with E-state index in [1.54, 1.807) is 24.3 Å². The van der Waals surface area contributed by atoms with Crippen molar-refractivity contribution in [3.8, 4) is 0 Å². The van der Waals surface area contributed by atoms with Gasteiger partial charge in [-0.3, -0.25) is 4.79 Å². The normalized spacial score (nSPS) is 10.2. The molecule has 0 saturated carbocycles. The van der Waals surface area contributed by atoms with Crippen molar-refractivity contribution in [1.82, 2.24) is 5.43 Å². The molecule has 0 atom stereocenters. The molecular weight excluding hydrogens is 224 g/mol. The minimum Gasteiger partial charge on any atom is -0.465 e. The maximum absolute atomic E-state index is 11.1. The number of esters is 1. The zero-order valence-electron chi connectivity index (χ0n) is 9.21. The molecule has 6 nitrogen and oxygen atoms in total. The van der Waals surface area contributed by atoms with Crippen molar-refractivity contribution in [3.63, 3.8) is 0 Å². The van der Waals surface area contributed by atoms with E-state index in [9.17, 15) is 9.59 Å². The lowest BCUT2D eigenvalue weighted by Crippen LogP contribution is -2.20. The summed E-state index contributed by atoms with van der Waals surface area (Å²) in [5.41, 5.74) is 3.26. The zero-order chi connectivity index (χ0) is 12.7. The van der Waals surface area contributed by atoms with Crippen LogP contribution in [0.25, 0.3) is 0 Å². The van der Waals surface area contributed by atoms with E-state index in [1.807, 2.05) is 0 Å². The van der Waals surface area contributed by atoms with E-state index in [1.165, 1.54) is 13.3 Å². The third kappa shape index (κ3) is 4.04. The molecule has 0 spiro atoms. The number of amides is 1. The number of carbonyl (C=O) groups excluding carboxylic acids is 2. The number of hydrogen-bond acceptors (Lipinski definition) is 5. The van der Waals surface area contributed by atoms with Gasteiger partial charge < -0.3 is 9.84 Å². The predicted molar refractivity (Wildman–Crippen MR) is 60.6 cm³/mol. The number of hydrogen-bond donors (Lipinski definition) is 2. The Balaban J connectivity index is 2.62. The fourth-order valence-corrected chi connectivity index (χ4v) is 1.04. The molecule has 90 valence electrons. The first-order valence-electron chi connectivity index (χ1n) is 4.78. The molecule has 0 bridgehead atoms. The van der Waals surface area contributed by atoms with Crippen molar-refractivity contribution >= 4 is 18.1 Å². The van der Waals surface area contributed by atoms with Gasteiger partial charge in [-0.15, -0.1) is 0 Å². The van der Waals surface area contributed by atoms with E-state index in [0.29, 0.717) is 11.1 Å². The van der Waals surface area contributed by atoms with Crippen molar-refractivity contribution in [1.29, 1.82) is 0 Å². The summed E-state index contributed by atoms with van der Waals surface area (Å²) in [4.78, 5) is 21.8. The van der Waals surface area contributed by atoms with Gasteiger partial charge >= 0.3 is 5.97 Å². The van der Waals surface area contributed by atoms with E-state index in [2.05, 4.69) is 15.3 Å². The molecule has 0 aliphatic rings. The largest absolute Gasteiger partial charge is 0.465 e. The van der Waals surface area contributed by atoms with E-state index < -0.39 is 18.5 Å². The number of hydrazone groups is 1. The van der Waals surface area contributed by atoms with Gasteiger partial charge in [-0.1, -0.05) is 12.1 Å². The van der Waals surface area contributed by atoms with Crippen molar-refractivity contribution in [2.24, 2.45) is 5.10 Å². The number of aliphatic hydroxyl groups is 1. The van der Waals surface area contributed by atoms with Gasteiger partial charge in [-0.2, -0.15) is 5.10 Å². The van der Waals surface area contributed by atoms with Gasteiger partial charge in [0.15, 0.2) is 0 Å². The summed E-state index contributed by atoms with van der Waals surface area (Å²) in [5.74, 6) is -1.01. The van der Waals surface area contributed by atoms with Crippen LogP contribution in [0.5, 0.6) is 0 Å². The number of rotatable bonds is 4. The highest BCUT2D eigenvalue weighted by molar-refractivity contribution is 5.90. The summed E-state index contributed by atoms with van der Waals surface area (Å²) in [5, 5.41) is 12.0. The Morgan fingerprint density at radius 3 is 2.59 bits per heavy atom. The Hall–Kier alpha value is -2.21. The molecule has 0 radical (unpaired) electrons. The molecule has 0 aromatic heterocycles. The van der Waals surface area contributed by atoms with Crippen molar-refractivity contribution in [2.45, 2.75) is 0 Å². The van der Waals surface area contributed by atoms with Crippen LogP contribution in [0, 0.1) is 0 Å². The molecule has 17 heavy (non-hydrogen) atoms. The molecule has 0 heterocycles. The van der Waals surface area contributed by atoms with Crippen LogP contribution >= 0.6 is 0 Å². The maximum atomic E-state index is 11.1. The molecular formula is C11H12N2O4. The van der Waals surface area contributed by atoms with Crippen LogP contribution in [0.2, 0.25) is 0 Å². The second kappa shape index (κ2) is 6.39. The van der Waals surface area contributed by atoms with E-state index >= 15 is 0 Å². The second-order valence-corrected chi connectivity index (χ2v) is 3.06. The quantitative estimate of drug-likeness (QED) is 0.434. The van der Waals surface area contributed by atoms with Gasteiger partial charge in [0.2, 0.25) is 0 Å². The maximum Gasteiger partial charge on any atom is 0.337 e. The van der Waals surface area contributed by atoms with Crippen LogP contribution in [0.1, 0.15) is 15.9 Å². The monoisotopic (exact) mass is 236 g/mol. The van der Waals surface area contributed by atoms with Gasteiger partial charge in [0.25, 0.3) is 5.91 Å². The Morgan fingerprint density at radius 1 is 1.41 bits per heavy atom. The number of methoxy groups -OCH3 is 1. The Morgan fingerprint density at radius 2 is 2.06 bits per heavy atom. The van der Waals surface area contributed by atoms with Gasteiger partial charge in [0.1, 0.15) is 6.61 Å². The molecule has 1 aromatic carbocycles. The molecule has 1 rings (SSSR count). The highest BCUT2D eigenvalue weighted by atomic mass is 16.5. The fourth-order valence-electron chi connectivity index (χ4n) is 1.04. The summed E-state index contributed by atoms with van der Waals surface area (Å²) < 4.78 is 4.55. The molecule has 2 N–H and O–H groups in total. The van der Waals surface area contributed by atoms with Gasteiger partial charge in [-0.05, 0) is 17.7 Å². The highest BCUT2D eigenvalue weighted by Crippen LogP contribution is 2.03. The van der Waals surface area contributed by atoms with Crippen LogP contribution in [0.3, 0.4) is 0 Å². The topological polar surface area (TPSA) is 88.0 Å². The lowest BCUT2D eigenvalue weighted by atomic mass is 10.1. The van der Waals surface area contributed by atoms with Crippen LogP contribution in [0.4, 0.5) is 0 Å². The van der Waals surface area contributed by atoms with Crippen LogP contribution in [0.15, 0.2) is 29.4 Å². The zero-order valence-corrected chi connectivity index (χ0v) is 9.21. The average Bonchev–Trinajstić information content (AvgIpc) is 2.38. The number of benzene rings is 1. The van der Waals surface area contributed by atoms with Crippen LogP contribution in [-0.4, -0.2) is 36.9 Å². The third-order valence-electron chi connectivity index (χ3n) is 1.88. The van der Waals surface area contributed by atoms with Gasteiger partial charge in [0.05, 0.1) is 18.9 Å². The molecule has 0 unspecified atom stereocenters. The molecule has 1 amide bonds. The fraction of sp³-hybridized carbons (Fsp3) is 0.182. The SMILES string of the molecule is COC(=O)c1ccc(C=NNC(=O)CO)cc1. The van der Waals surface area contributed by atoms with Crippen LogP contribution in [-0.2, 0) is 9.53 Å². The number of ether oxygens (including phenoxy) is 1. The smallest absolute Gasteiger partial charge is 0.337 e.